The monoisotopic (exact) mass is 405 g/mol. The Hall–Kier alpha value is -3.15. The Bertz CT molecular complexity index is 1020. The van der Waals surface area contributed by atoms with E-state index in [9.17, 15) is 9.59 Å². The zero-order valence-electron chi connectivity index (χ0n) is 17.3. The van der Waals surface area contributed by atoms with E-state index < -0.39 is 11.7 Å². The average molecular weight is 405 g/mol. The number of amides is 1. The van der Waals surface area contributed by atoms with Gasteiger partial charge in [-0.05, 0) is 42.5 Å². The Labute approximate surface area is 176 Å². The first kappa shape index (κ1) is 20.1. The van der Waals surface area contributed by atoms with Crippen LogP contribution in [0.2, 0.25) is 0 Å². The van der Waals surface area contributed by atoms with Gasteiger partial charge in [0.05, 0.1) is 12.7 Å². The van der Waals surface area contributed by atoms with Crippen LogP contribution in [0.3, 0.4) is 0 Å². The predicted octanol–water partition coefficient (Wildman–Crippen LogP) is 4.36. The number of H-pyrrole nitrogens is 1. The number of hydrogen-bond donors (Lipinski definition) is 1. The third-order valence-corrected chi connectivity index (χ3v) is 5.91. The number of rotatable bonds is 7. The maximum absolute atomic E-state index is 13.3. The molecule has 0 atom stereocenters. The summed E-state index contributed by atoms with van der Waals surface area (Å²) in [7, 11) is 1.60. The minimum Gasteiger partial charge on any atom is -0.497 e. The van der Waals surface area contributed by atoms with Crippen molar-refractivity contribution in [3.05, 3.63) is 60.0 Å². The van der Waals surface area contributed by atoms with E-state index in [4.69, 9.17) is 4.74 Å². The molecule has 0 radical (unpaired) electrons. The van der Waals surface area contributed by atoms with E-state index in [1.807, 2.05) is 24.3 Å². The first-order valence-corrected chi connectivity index (χ1v) is 10.5. The van der Waals surface area contributed by atoms with Crippen LogP contribution in [0.5, 0.6) is 5.75 Å². The number of hydrogen-bond acceptors (Lipinski definition) is 4. The lowest BCUT2D eigenvalue weighted by Gasteiger charge is -2.29. The predicted molar refractivity (Wildman–Crippen MR) is 115 cm³/mol. The van der Waals surface area contributed by atoms with Crippen LogP contribution in [0, 0.1) is 5.92 Å². The lowest BCUT2D eigenvalue weighted by atomic mass is 9.88. The topological polar surface area (TPSA) is 75.3 Å². The van der Waals surface area contributed by atoms with E-state index >= 15 is 0 Å². The molecule has 6 nitrogen and oxygen atoms in total. The number of pyridine rings is 1. The largest absolute Gasteiger partial charge is 0.497 e. The summed E-state index contributed by atoms with van der Waals surface area (Å²) in [5, 5.41) is 0.730. The van der Waals surface area contributed by atoms with E-state index in [1.165, 1.54) is 19.3 Å². The second-order valence-corrected chi connectivity index (χ2v) is 7.99. The minimum absolute atomic E-state index is 0.394. The molecular weight excluding hydrogens is 378 g/mol. The Kier molecular flexibility index (Phi) is 6.12. The molecule has 0 aliphatic heterocycles. The molecule has 0 unspecified atom stereocenters. The molecule has 30 heavy (non-hydrogen) atoms. The van der Waals surface area contributed by atoms with Crippen LogP contribution in [0.25, 0.3) is 10.9 Å². The number of benzene rings is 1. The summed E-state index contributed by atoms with van der Waals surface area (Å²) in [4.78, 5) is 35.4. The van der Waals surface area contributed by atoms with Crippen LogP contribution in [0.1, 0.15) is 48.0 Å². The van der Waals surface area contributed by atoms with Gasteiger partial charge in [0.25, 0.3) is 11.7 Å². The van der Waals surface area contributed by atoms with Crippen molar-refractivity contribution in [3.63, 3.8) is 0 Å². The molecule has 6 heteroatoms. The third-order valence-electron chi connectivity index (χ3n) is 5.91. The molecule has 1 aromatic carbocycles. The maximum Gasteiger partial charge on any atom is 0.295 e. The van der Waals surface area contributed by atoms with Crippen LogP contribution in [-0.2, 0) is 11.3 Å². The number of ether oxygens (including phenoxy) is 1. The first-order chi connectivity index (χ1) is 14.7. The van der Waals surface area contributed by atoms with E-state index in [0.717, 1.165) is 29.3 Å². The van der Waals surface area contributed by atoms with Gasteiger partial charge in [0.2, 0.25) is 0 Å². The molecule has 0 saturated heterocycles. The van der Waals surface area contributed by atoms with Gasteiger partial charge in [0.1, 0.15) is 5.75 Å². The number of aromatic nitrogens is 2. The van der Waals surface area contributed by atoms with Crippen LogP contribution in [0.15, 0.2) is 48.9 Å². The molecule has 1 fully saturated rings. The number of carbonyl (C=O) groups excluding carboxylic acids is 2. The number of nitrogens with one attached hydrogen (secondary N) is 1. The second-order valence-electron chi connectivity index (χ2n) is 7.99. The molecule has 156 valence electrons. The van der Waals surface area contributed by atoms with Crippen LogP contribution >= 0.6 is 0 Å². The standard InChI is InChI=1S/C24H27N3O3/c1-30-19-9-10-20-21(14-26-22(20)12-19)23(28)24(29)27(15-17-6-3-2-4-7-17)16-18-8-5-11-25-13-18/h5,8-14,17,26H,2-4,6-7,15-16H2,1H3. The number of methoxy groups -OCH3 is 1. The zero-order chi connectivity index (χ0) is 20.9. The Morgan fingerprint density at radius 1 is 1.20 bits per heavy atom. The highest BCUT2D eigenvalue weighted by Gasteiger charge is 2.28. The smallest absolute Gasteiger partial charge is 0.295 e. The summed E-state index contributed by atoms with van der Waals surface area (Å²) in [6.07, 6.45) is 10.9. The van der Waals surface area contributed by atoms with Gasteiger partial charge < -0.3 is 14.6 Å². The van der Waals surface area contributed by atoms with Gasteiger partial charge in [0, 0.05) is 48.6 Å². The molecule has 0 spiro atoms. The van der Waals surface area contributed by atoms with Crippen molar-refractivity contribution in [1.82, 2.24) is 14.9 Å². The summed E-state index contributed by atoms with van der Waals surface area (Å²) in [5.41, 5.74) is 2.10. The molecule has 0 bridgehead atoms. The lowest BCUT2D eigenvalue weighted by molar-refractivity contribution is -0.127. The van der Waals surface area contributed by atoms with Crippen LogP contribution in [0.4, 0.5) is 0 Å². The number of nitrogens with zero attached hydrogens (tertiary/aromatic N) is 2. The van der Waals surface area contributed by atoms with Gasteiger partial charge in [-0.15, -0.1) is 0 Å². The Morgan fingerprint density at radius 3 is 2.77 bits per heavy atom. The average Bonchev–Trinajstić information content (AvgIpc) is 3.22. The molecule has 4 rings (SSSR count). The van der Waals surface area contributed by atoms with E-state index in [0.29, 0.717) is 30.3 Å². The fraction of sp³-hybridized carbons (Fsp3) is 0.375. The Morgan fingerprint density at radius 2 is 2.03 bits per heavy atom. The zero-order valence-corrected chi connectivity index (χ0v) is 17.3. The lowest BCUT2D eigenvalue weighted by Crippen LogP contribution is -2.39. The molecule has 3 aromatic rings. The number of aromatic amines is 1. The summed E-state index contributed by atoms with van der Waals surface area (Å²) in [6.45, 7) is 1.00. The third kappa shape index (κ3) is 4.37. The van der Waals surface area contributed by atoms with Crippen molar-refractivity contribution < 1.29 is 14.3 Å². The van der Waals surface area contributed by atoms with Crippen molar-refractivity contribution in [2.24, 2.45) is 5.92 Å². The molecule has 1 N–H and O–H groups in total. The van der Waals surface area contributed by atoms with Crippen molar-refractivity contribution in [1.29, 1.82) is 0 Å². The van der Waals surface area contributed by atoms with Gasteiger partial charge >= 0.3 is 0 Å². The number of carbonyl (C=O) groups is 2. The maximum atomic E-state index is 13.3. The van der Waals surface area contributed by atoms with E-state index in [2.05, 4.69) is 9.97 Å². The van der Waals surface area contributed by atoms with Gasteiger partial charge in [-0.25, -0.2) is 0 Å². The molecule has 1 saturated carbocycles. The van der Waals surface area contributed by atoms with Crippen LogP contribution < -0.4 is 4.74 Å². The highest BCUT2D eigenvalue weighted by molar-refractivity contribution is 6.44. The SMILES string of the molecule is COc1ccc2c(C(=O)C(=O)N(Cc3cccnc3)CC3CCCCC3)c[nH]c2c1. The quantitative estimate of drug-likeness (QED) is 0.468. The van der Waals surface area contributed by atoms with Crippen molar-refractivity contribution in [3.8, 4) is 5.75 Å². The van der Waals surface area contributed by atoms with Crippen molar-refractivity contribution >= 4 is 22.6 Å². The molecular formula is C24H27N3O3. The van der Waals surface area contributed by atoms with E-state index in [-0.39, 0.29) is 0 Å². The van der Waals surface area contributed by atoms with E-state index in [1.54, 1.807) is 36.7 Å². The highest BCUT2D eigenvalue weighted by atomic mass is 16.5. The summed E-state index contributed by atoms with van der Waals surface area (Å²) in [5.74, 6) is 0.205. The molecule has 2 aromatic heterocycles. The Balaban J connectivity index is 1.58. The summed E-state index contributed by atoms with van der Waals surface area (Å²) < 4.78 is 5.24. The minimum atomic E-state index is -0.480. The van der Waals surface area contributed by atoms with Gasteiger partial charge in [-0.3, -0.25) is 14.6 Å². The molecule has 1 aliphatic rings. The molecule has 1 aliphatic carbocycles. The van der Waals surface area contributed by atoms with Crippen molar-refractivity contribution in [2.45, 2.75) is 38.6 Å². The first-order valence-electron chi connectivity index (χ1n) is 10.5. The number of ketones is 1. The fourth-order valence-electron chi connectivity index (χ4n) is 4.29. The number of Topliss-reactive ketones (excluding diaryl/α,β-unsaturated/α-hetero) is 1. The summed E-state index contributed by atoms with van der Waals surface area (Å²) in [6, 6.07) is 9.24. The normalized spacial score (nSPS) is 14.6. The number of fused-ring (bicyclic) bond motifs is 1. The molecule has 1 amide bonds. The second kappa shape index (κ2) is 9.11. The fourth-order valence-corrected chi connectivity index (χ4v) is 4.29. The van der Waals surface area contributed by atoms with Gasteiger partial charge in [-0.2, -0.15) is 0 Å². The van der Waals surface area contributed by atoms with Crippen LogP contribution in [-0.4, -0.2) is 40.2 Å². The van der Waals surface area contributed by atoms with Gasteiger partial charge in [-0.1, -0.05) is 25.3 Å². The highest BCUT2D eigenvalue weighted by Crippen LogP contribution is 2.27. The van der Waals surface area contributed by atoms with Gasteiger partial charge in [0.15, 0.2) is 0 Å². The summed E-state index contributed by atoms with van der Waals surface area (Å²) >= 11 is 0. The molecule has 2 heterocycles. The van der Waals surface area contributed by atoms with Crippen molar-refractivity contribution in [2.75, 3.05) is 13.7 Å².